The van der Waals surface area contributed by atoms with Crippen molar-refractivity contribution in [2.24, 2.45) is 4.99 Å². The van der Waals surface area contributed by atoms with Gasteiger partial charge in [-0.15, -0.1) is 0 Å². The molecule has 0 fully saturated rings. The first-order chi connectivity index (χ1) is 16.2. The molecule has 0 saturated heterocycles. The van der Waals surface area contributed by atoms with Crippen LogP contribution in [0.1, 0.15) is 31.0 Å². The third kappa shape index (κ3) is 4.58. The van der Waals surface area contributed by atoms with Crippen LogP contribution in [0.2, 0.25) is 0 Å². The Bertz CT molecular complexity index is 1510. The number of thiazole rings is 1. The molecule has 0 spiro atoms. The molecule has 3 aromatic rings. The van der Waals surface area contributed by atoms with Crippen LogP contribution in [0.25, 0.3) is 6.08 Å². The Morgan fingerprint density at radius 3 is 2.82 bits per heavy atom. The van der Waals surface area contributed by atoms with Crippen LogP contribution in [0.4, 0.5) is 0 Å². The van der Waals surface area contributed by atoms with E-state index in [4.69, 9.17) is 9.47 Å². The van der Waals surface area contributed by atoms with E-state index >= 15 is 0 Å². The van der Waals surface area contributed by atoms with Gasteiger partial charge in [0.2, 0.25) is 0 Å². The van der Waals surface area contributed by atoms with E-state index in [1.54, 1.807) is 51.3 Å². The summed E-state index contributed by atoms with van der Waals surface area (Å²) in [7, 11) is 1.56. The molecule has 0 bridgehead atoms. The molecule has 2 heterocycles. The van der Waals surface area contributed by atoms with Crippen molar-refractivity contribution < 1.29 is 19.4 Å². The van der Waals surface area contributed by atoms with Gasteiger partial charge in [0.1, 0.15) is 11.5 Å². The number of carbonyl (C=O) groups is 1. The summed E-state index contributed by atoms with van der Waals surface area (Å²) in [5, 5.41) is 10.5. The highest BCUT2D eigenvalue weighted by Gasteiger charge is 2.33. The normalized spacial score (nSPS) is 15.7. The van der Waals surface area contributed by atoms with Gasteiger partial charge in [-0.25, -0.2) is 9.79 Å². The van der Waals surface area contributed by atoms with Crippen molar-refractivity contribution in [2.45, 2.75) is 19.9 Å². The lowest BCUT2D eigenvalue weighted by Gasteiger charge is -2.25. The number of esters is 1. The Morgan fingerprint density at radius 1 is 1.35 bits per heavy atom. The minimum Gasteiger partial charge on any atom is -0.506 e. The molecule has 7 nitrogen and oxygen atoms in total. The molecule has 1 atom stereocenters. The number of aromatic nitrogens is 1. The Morgan fingerprint density at radius 2 is 2.12 bits per heavy atom. The maximum atomic E-state index is 13.7. The summed E-state index contributed by atoms with van der Waals surface area (Å²) < 4.78 is 14.0. The average Bonchev–Trinajstić information content (AvgIpc) is 3.10. The Kier molecular flexibility index (Phi) is 7.29. The Labute approximate surface area is 221 Å². The van der Waals surface area contributed by atoms with Gasteiger partial charge in [-0.05, 0) is 72.3 Å². The Hall–Kier alpha value is -2.44. The van der Waals surface area contributed by atoms with Crippen molar-refractivity contribution in [3.8, 4) is 11.5 Å². The van der Waals surface area contributed by atoms with Crippen molar-refractivity contribution in [3.05, 3.63) is 86.5 Å². The van der Waals surface area contributed by atoms with Gasteiger partial charge >= 0.3 is 5.97 Å². The van der Waals surface area contributed by atoms with Crippen LogP contribution in [-0.2, 0) is 9.53 Å². The molecule has 10 heteroatoms. The van der Waals surface area contributed by atoms with Crippen LogP contribution in [0, 0.1) is 3.57 Å². The molecule has 0 amide bonds. The average molecular weight is 655 g/mol. The summed E-state index contributed by atoms with van der Waals surface area (Å²) in [6.07, 6.45) is 1.64. The topological polar surface area (TPSA) is 90.1 Å². The number of phenolic OH excluding ortho intramolecular Hbond substituents is 1. The molecule has 0 saturated carbocycles. The fraction of sp³-hybridized carbons (Fsp3) is 0.208. The maximum Gasteiger partial charge on any atom is 0.338 e. The van der Waals surface area contributed by atoms with Crippen molar-refractivity contribution in [1.82, 2.24) is 4.57 Å². The first-order valence-electron chi connectivity index (χ1n) is 10.3. The van der Waals surface area contributed by atoms with Crippen molar-refractivity contribution in [3.63, 3.8) is 0 Å². The minimum absolute atomic E-state index is 0.0855. The fourth-order valence-electron chi connectivity index (χ4n) is 3.76. The molecular formula is C24H20BrIN2O5S. The quantitative estimate of drug-likeness (QED) is 0.333. The zero-order valence-electron chi connectivity index (χ0n) is 18.5. The number of hydrogen-bond donors (Lipinski definition) is 1. The summed E-state index contributed by atoms with van der Waals surface area (Å²) in [6.45, 7) is 3.67. The van der Waals surface area contributed by atoms with Crippen LogP contribution in [0.15, 0.2) is 61.9 Å². The van der Waals surface area contributed by atoms with Crippen LogP contribution in [0.5, 0.6) is 11.5 Å². The van der Waals surface area contributed by atoms with Gasteiger partial charge in [-0.3, -0.25) is 9.36 Å². The van der Waals surface area contributed by atoms with Crippen LogP contribution >= 0.6 is 49.9 Å². The second-order valence-electron chi connectivity index (χ2n) is 7.40. The zero-order valence-corrected chi connectivity index (χ0v) is 23.0. The third-order valence-corrected chi connectivity index (χ3v) is 7.53. The number of phenols is 1. The van der Waals surface area contributed by atoms with Gasteiger partial charge in [0.25, 0.3) is 5.56 Å². The van der Waals surface area contributed by atoms with Gasteiger partial charge in [-0.2, -0.15) is 0 Å². The SMILES string of the molecule is CCOC(=O)C1=C(C)N=c2sc(=Cc3cc(Br)cc(I)c3O)c(=O)n2C1c1cccc(OC)c1. The fourth-order valence-corrected chi connectivity index (χ4v) is 6.34. The number of allylic oxidation sites excluding steroid dienone is 1. The lowest BCUT2D eigenvalue weighted by atomic mass is 9.95. The van der Waals surface area contributed by atoms with Gasteiger partial charge in [0.15, 0.2) is 4.80 Å². The number of aromatic hydroxyl groups is 1. The molecule has 1 N–H and O–H groups in total. The molecular weight excluding hydrogens is 635 g/mol. The zero-order chi connectivity index (χ0) is 24.6. The summed E-state index contributed by atoms with van der Waals surface area (Å²) in [5.74, 6) is 0.165. The minimum atomic E-state index is -0.733. The van der Waals surface area contributed by atoms with E-state index in [1.165, 1.54) is 15.9 Å². The molecule has 0 aliphatic carbocycles. The second-order valence-corrected chi connectivity index (χ2v) is 10.5. The van der Waals surface area contributed by atoms with Gasteiger partial charge in [0.05, 0.1) is 39.1 Å². The van der Waals surface area contributed by atoms with Crippen molar-refractivity contribution >= 4 is 61.9 Å². The monoisotopic (exact) mass is 654 g/mol. The number of benzene rings is 2. The molecule has 1 aromatic heterocycles. The first kappa shape index (κ1) is 24.7. The summed E-state index contributed by atoms with van der Waals surface area (Å²) in [4.78, 5) is 31.6. The molecule has 1 aliphatic rings. The largest absolute Gasteiger partial charge is 0.506 e. The number of nitrogens with zero attached hydrogens (tertiary/aromatic N) is 2. The Balaban J connectivity index is 1.99. The van der Waals surface area contributed by atoms with Crippen molar-refractivity contribution in [1.29, 1.82) is 0 Å². The highest BCUT2D eigenvalue weighted by atomic mass is 127. The molecule has 4 rings (SSSR count). The van der Waals surface area contributed by atoms with Gasteiger partial charge < -0.3 is 14.6 Å². The van der Waals surface area contributed by atoms with Gasteiger partial charge in [-0.1, -0.05) is 39.4 Å². The number of fused-ring (bicyclic) bond motifs is 1. The molecule has 34 heavy (non-hydrogen) atoms. The highest BCUT2D eigenvalue weighted by Crippen LogP contribution is 2.33. The molecule has 2 aromatic carbocycles. The lowest BCUT2D eigenvalue weighted by molar-refractivity contribution is -0.139. The van der Waals surface area contributed by atoms with Gasteiger partial charge in [0, 0.05) is 10.0 Å². The summed E-state index contributed by atoms with van der Waals surface area (Å²) in [5.41, 5.74) is 1.67. The molecule has 1 unspecified atom stereocenters. The van der Waals surface area contributed by atoms with E-state index in [2.05, 4.69) is 20.9 Å². The molecule has 176 valence electrons. The molecule has 0 radical (unpaired) electrons. The van der Waals surface area contributed by atoms with E-state index in [0.717, 1.165) is 4.47 Å². The van der Waals surface area contributed by atoms with E-state index in [-0.39, 0.29) is 17.9 Å². The number of carbonyl (C=O) groups excluding carboxylic acids is 1. The number of halogens is 2. The smallest absolute Gasteiger partial charge is 0.338 e. The second kappa shape index (κ2) is 10.0. The number of methoxy groups -OCH3 is 1. The predicted octanol–water partition coefficient (Wildman–Crippen LogP) is 3.88. The summed E-state index contributed by atoms with van der Waals surface area (Å²) >= 11 is 6.66. The third-order valence-electron chi connectivity index (χ3n) is 5.27. The number of hydrogen-bond acceptors (Lipinski definition) is 7. The first-order valence-corrected chi connectivity index (χ1v) is 13.0. The van der Waals surface area contributed by atoms with E-state index in [0.29, 0.717) is 41.1 Å². The number of ether oxygens (including phenoxy) is 2. The summed E-state index contributed by atoms with van der Waals surface area (Å²) in [6, 6.07) is 10.0. The highest BCUT2D eigenvalue weighted by molar-refractivity contribution is 14.1. The standard InChI is InChI=1S/C24H20BrIN2O5S/c1-4-33-23(31)19-12(2)27-24-28(20(19)13-6-5-7-16(9-13)32-3)22(30)18(34-24)10-14-8-15(25)11-17(26)21(14)29/h5-11,20,29H,4H2,1-3H3. The van der Waals surface area contributed by atoms with Crippen LogP contribution in [-0.4, -0.2) is 29.4 Å². The lowest BCUT2D eigenvalue weighted by Crippen LogP contribution is -2.39. The van der Waals surface area contributed by atoms with E-state index in [1.807, 2.05) is 34.7 Å². The van der Waals surface area contributed by atoms with E-state index < -0.39 is 12.0 Å². The van der Waals surface area contributed by atoms with E-state index in [9.17, 15) is 14.7 Å². The van der Waals surface area contributed by atoms with Crippen LogP contribution in [0.3, 0.4) is 0 Å². The maximum absolute atomic E-state index is 13.7. The number of rotatable bonds is 5. The predicted molar refractivity (Wildman–Crippen MR) is 142 cm³/mol. The van der Waals surface area contributed by atoms with Crippen molar-refractivity contribution in [2.75, 3.05) is 13.7 Å². The molecule has 1 aliphatic heterocycles. The van der Waals surface area contributed by atoms with Crippen LogP contribution < -0.4 is 19.6 Å².